The minimum Gasteiger partial charge on any atom is -0.462 e. The smallest absolute Gasteiger partial charge is 0.359 e. The van der Waals surface area contributed by atoms with Gasteiger partial charge in [-0.15, -0.1) is 0 Å². The third kappa shape index (κ3) is 2.81. The summed E-state index contributed by atoms with van der Waals surface area (Å²) in [5, 5.41) is 0. The Kier molecular flexibility index (Phi) is 4.94. The number of hydrogen-bond acceptors (Lipinski definition) is 8. The zero-order valence-electron chi connectivity index (χ0n) is 10.7. The van der Waals surface area contributed by atoms with E-state index in [1.165, 1.54) is 13.8 Å². The first-order valence-corrected chi connectivity index (χ1v) is 5.58. The van der Waals surface area contributed by atoms with Crippen molar-refractivity contribution in [2.75, 3.05) is 13.2 Å². The largest absolute Gasteiger partial charge is 0.462 e. The van der Waals surface area contributed by atoms with Crippen LogP contribution in [0.5, 0.6) is 0 Å². The third-order valence-corrected chi connectivity index (χ3v) is 2.12. The molecule has 1 heterocycles. The van der Waals surface area contributed by atoms with Crippen LogP contribution >= 0.6 is 0 Å². The molecule has 1 aliphatic rings. The quantitative estimate of drug-likeness (QED) is 0.165. The summed E-state index contributed by atoms with van der Waals surface area (Å²) in [6.45, 7) is 2.80. The van der Waals surface area contributed by atoms with Crippen LogP contribution in [0.3, 0.4) is 0 Å². The van der Waals surface area contributed by atoms with E-state index < -0.39 is 40.6 Å². The molecule has 1 saturated heterocycles. The van der Waals surface area contributed by atoms with Gasteiger partial charge in [-0.25, -0.2) is 19.2 Å². The number of rotatable bonds is 4. The summed E-state index contributed by atoms with van der Waals surface area (Å²) in [6.07, 6.45) is 0. The molecule has 0 aromatic carbocycles. The Labute approximate surface area is 113 Å². The Hall–Kier alpha value is -2.73. The Balaban J connectivity index is 3.36. The first-order valence-electron chi connectivity index (χ1n) is 5.58. The second-order valence-corrected chi connectivity index (χ2v) is 3.34. The van der Waals surface area contributed by atoms with Crippen molar-refractivity contribution < 1.29 is 38.2 Å². The molecule has 0 amide bonds. The van der Waals surface area contributed by atoms with E-state index in [1.54, 1.807) is 0 Å². The number of carbonyl (C=O) groups is 4. The van der Waals surface area contributed by atoms with Crippen LogP contribution in [-0.4, -0.2) is 42.8 Å². The predicted molar refractivity (Wildman–Crippen MR) is 60.6 cm³/mol. The number of esters is 3. The molecule has 1 rings (SSSR count). The molecule has 0 saturated carbocycles. The number of Topliss-reactive ketones (excluding diaryl/α,β-unsaturated/α-hetero) is 1. The maximum Gasteiger partial charge on any atom is 0.359 e. The van der Waals surface area contributed by atoms with E-state index in [2.05, 4.69) is 14.2 Å². The highest BCUT2D eigenvalue weighted by Crippen LogP contribution is 2.23. The van der Waals surface area contributed by atoms with Gasteiger partial charge in [0.05, 0.1) is 13.2 Å². The highest BCUT2D eigenvalue weighted by molar-refractivity contribution is 6.36. The molecule has 0 spiro atoms. The van der Waals surface area contributed by atoms with E-state index in [4.69, 9.17) is 0 Å². The fraction of sp³-hybridized carbons (Fsp3) is 0.333. The molecule has 8 nitrogen and oxygen atoms in total. The number of ether oxygens (including phenoxy) is 3. The molecular formula is C12H10O8. The first-order chi connectivity index (χ1) is 9.47. The summed E-state index contributed by atoms with van der Waals surface area (Å²) in [6, 6.07) is 0. The monoisotopic (exact) mass is 282 g/mol. The Morgan fingerprint density at radius 1 is 1.10 bits per heavy atom. The summed E-state index contributed by atoms with van der Waals surface area (Å²) < 4.78 is 13.6. The average molecular weight is 282 g/mol. The average Bonchev–Trinajstić information content (AvgIpc) is 2.65. The Morgan fingerprint density at radius 3 is 1.95 bits per heavy atom. The van der Waals surface area contributed by atoms with E-state index in [0.29, 0.717) is 0 Å². The van der Waals surface area contributed by atoms with Gasteiger partial charge in [-0.2, -0.15) is 0 Å². The maximum absolute atomic E-state index is 11.7. The molecule has 0 atom stereocenters. The van der Waals surface area contributed by atoms with Crippen molar-refractivity contribution in [3.05, 3.63) is 16.9 Å². The Bertz CT molecular complexity index is 542. The normalized spacial score (nSPS) is 13.7. The van der Waals surface area contributed by atoms with Gasteiger partial charge in [-0.3, -0.25) is 4.79 Å². The van der Waals surface area contributed by atoms with Crippen LogP contribution in [0.2, 0.25) is 0 Å². The summed E-state index contributed by atoms with van der Waals surface area (Å²) in [7, 11) is 0. The molecule has 0 bridgehead atoms. The van der Waals surface area contributed by atoms with Crippen LogP contribution in [0.15, 0.2) is 16.9 Å². The zero-order chi connectivity index (χ0) is 15.3. The van der Waals surface area contributed by atoms with Gasteiger partial charge in [0.15, 0.2) is 11.1 Å². The van der Waals surface area contributed by atoms with Crippen molar-refractivity contribution in [2.45, 2.75) is 13.8 Å². The minimum atomic E-state index is -1.29. The fourth-order valence-corrected chi connectivity index (χ4v) is 1.32. The van der Waals surface area contributed by atoms with Gasteiger partial charge < -0.3 is 14.2 Å². The lowest BCUT2D eigenvalue weighted by Crippen LogP contribution is -2.22. The van der Waals surface area contributed by atoms with Gasteiger partial charge in [0.2, 0.25) is 11.5 Å². The van der Waals surface area contributed by atoms with Crippen molar-refractivity contribution in [1.29, 1.82) is 0 Å². The lowest BCUT2D eigenvalue weighted by Gasteiger charge is -2.07. The summed E-state index contributed by atoms with van der Waals surface area (Å²) in [5.41, 5.74) is -1.79. The first kappa shape index (κ1) is 15.3. The van der Waals surface area contributed by atoms with Gasteiger partial charge in [-0.05, 0) is 13.8 Å². The number of cyclic esters (lactones) is 1. The molecular weight excluding hydrogens is 272 g/mol. The van der Waals surface area contributed by atoms with Crippen LogP contribution in [0.4, 0.5) is 0 Å². The highest BCUT2D eigenvalue weighted by atomic mass is 16.6. The summed E-state index contributed by atoms with van der Waals surface area (Å²) >= 11 is 0. The van der Waals surface area contributed by atoms with Gasteiger partial charge in [0.1, 0.15) is 5.94 Å². The number of ketones is 1. The van der Waals surface area contributed by atoms with Crippen LogP contribution in [-0.2, 0) is 38.2 Å². The molecule has 0 unspecified atom stereocenters. The van der Waals surface area contributed by atoms with Gasteiger partial charge >= 0.3 is 17.9 Å². The second kappa shape index (κ2) is 6.44. The van der Waals surface area contributed by atoms with Crippen molar-refractivity contribution >= 4 is 29.6 Å². The minimum absolute atomic E-state index is 0.0759. The number of carbonyl (C=O) groups excluding carboxylic acids is 5. The van der Waals surface area contributed by atoms with Crippen molar-refractivity contribution in [1.82, 2.24) is 0 Å². The zero-order valence-corrected chi connectivity index (χ0v) is 10.7. The van der Waals surface area contributed by atoms with Gasteiger partial charge in [-0.1, -0.05) is 0 Å². The molecule has 20 heavy (non-hydrogen) atoms. The SMILES string of the molecule is CCOC(=O)C(C(=O)OCC)=C1OC(=O)C(=C=O)C1=O. The molecule has 0 aromatic heterocycles. The van der Waals surface area contributed by atoms with E-state index in [0.717, 1.165) is 5.94 Å². The van der Waals surface area contributed by atoms with Crippen LogP contribution in [0.25, 0.3) is 0 Å². The standard InChI is InChI=1S/C12H10O8/c1-3-18-11(16)7(12(17)19-4-2)9-8(14)6(5-13)10(15)20-9/h3-4H2,1-2H3. The number of hydrogen-bond donors (Lipinski definition) is 0. The topological polar surface area (TPSA) is 113 Å². The van der Waals surface area contributed by atoms with E-state index in [9.17, 15) is 24.0 Å². The van der Waals surface area contributed by atoms with E-state index in [1.807, 2.05) is 0 Å². The van der Waals surface area contributed by atoms with Crippen molar-refractivity contribution in [3.8, 4) is 0 Å². The molecule has 0 N–H and O–H groups in total. The summed E-state index contributed by atoms with van der Waals surface area (Å²) in [5.74, 6) is -4.65. The maximum atomic E-state index is 11.7. The van der Waals surface area contributed by atoms with Gasteiger partial charge in [0.25, 0.3) is 0 Å². The lowest BCUT2D eigenvalue weighted by molar-refractivity contribution is -0.147. The molecule has 106 valence electrons. The summed E-state index contributed by atoms with van der Waals surface area (Å²) in [4.78, 5) is 56.7. The highest BCUT2D eigenvalue weighted by Gasteiger charge is 2.42. The molecule has 0 radical (unpaired) electrons. The van der Waals surface area contributed by atoms with E-state index >= 15 is 0 Å². The van der Waals surface area contributed by atoms with Crippen LogP contribution in [0, 0.1) is 0 Å². The Morgan fingerprint density at radius 2 is 1.60 bits per heavy atom. The van der Waals surface area contributed by atoms with Crippen molar-refractivity contribution in [3.63, 3.8) is 0 Å². The molecule has 1 fully saturated rings. The fourth-order valence-electron chi connectivity index (χ4n) is 1.32. The second-order valence-electron chi connectivity index (χ2n) is 3.34. The molecule has 1 aliphatic heterocycles. The van der Waals surface area contributed by atoms with Crippen LogP contribution < -0.4 is 0 Å². The lowest BCUT2D eigenvalue weighted by atomic mass is 10.1. The predicted octanol–water partition coefficient (Wildman–Crippen LogP) is -0.749. The molecule has 0 aromatic rings. The van der Waals surface area contributed by atoms with Crippen LogP contribution in [0.1, 0.15) is 13.8 Å². The third-order valence-electron chi connectivity index (χ3n) is 2.12. The number of allylic oxidation sites excluding steroid dienone is 1. The van der Waals surface area contributed by atoms with Crippen molar-refractivity contribution in [2.24, 2.45) is 0 Å². The van der Waals surface area contributed by atoms with E-state index in [-0.39, 0.29) is 13.2 Å². The van der Waals surface area contributed by atoms with Gasteiger partial charge in [0, 0.05) is 0 Å². The molecule has 8 heteroatoms. The molecule has 0 aliphatic carbocycles.